The van der Waals surface area contributed by atoms with Crippen LogP contribution in [0.5, 0.6) is 5.75 Å². The summed E-state index contributed by atoms with van der Waals surface area (Å²) >= 11 is 3.30. The summed E-state index contributed by atoms with van der Waals surface area (Å²) < 4.78 is 33.8. The van der Waals surface area contributed by atoms with Gasteiger partial charge in [-0.25, -0.2) is 8.42 Å². The number of hydrogen-bond donors (Lipinski definition) is 1. The molecule has 0 saturated carbocycles. The maximum Gasteiger partial charge on any atom is 0.261 e. The van der Waals surface area contributed by atoms with Crippen LogP contribution in [0.1, 0.15) is 23.2 Å². The first-order valence-electron chi connectivity index (χ1n) is 8.82. The lowest BCUT2D eigenvalue weighted by molar-refractivity contribution is 0.0762. The summed E-state index contributed by atoms with van der Waals surface area (Å²) in [5, 5.41) is 17.6. The molecule has 156 valence electrons. The van der Waals surface area contributed by atoms with E-state index in [4.69, 9.17) is 15.3 Å². The lowest BCUT2D eigenvalue weighted by Crippen LogP contribution is -2.33. The predicted molar refractivity (Wildman–Crippen MR) is 114 cm³/mol. The molecule has 0 heterocycles. The van der Waals surface area contributed by atoms with Crippen molar-refractivity contribution in [3.05, 3.63) is 52.5 Å². The first-order chi connectivity index (χ1) is 14.3. The van der Waals surface area contributed by atoms with Crippen LogP contribution in [0.3, 0.4) is 0 Å². The molecule has 1 amide bonds. The Labute approximate surface area is 183 Å². The second kappa shape index (κ2) is 10.6. The molecule has 0 aliphatic carbocycles. The van der Waals surface area contributed by atoms with Gasteiger partial charge >= 0.3 is 0 Å². The number of rotatable bonds is 9. The van der Waals surface area contributed by atoms with Crippen molar-refractivity contribution in [2.45, 2.75) is 17.7 Å². The Morgan fingerprint density at radius 2 is 1.80 bits per heavy atom. The maximum absolute atomic E-state index is 12.8. The summed E-state index contributed by atoms with van der Waals surface area (Å²) in [4.78, 5) is 14.1. The fourth-order valence-corrected chi connectivity index (χ4v) is 4.24. The van der Waals surface area contributed by atoms with Gasteiger partial charge in [0.1, 0.15) is 5.75 Å². The van der Waals surface area contributed by atoms with E-state index in [0.717, 1.165) is 0 Å². The smallest absolute Gasteiger partial charge is 0.261 e. The summed E-state index contributed by atoms with van der Waals surface area (Å²) in [7, 11) is -2.45. The second-order valence-electron chi connectivity index (χ2n) is 6.09. The zero-order valence-electron chi connectivity index (χ0n) is 16.1. The number of hydrogen-bond acceptors (Lipinski definition) is 6. The van der Waals surface area contributed by atoms with Crippen molar-refractivity contribution >= 4 is 37.5 Å². The van der Waals surface area contributed by atoms with E-state index >= 15 is 0 Å². The van der Waals surface area contributed by atoms with Crippen molar-refractivity contribution < 1.29 is 17.9 Å². The number of sulfonamides is 1. The summed E-state index contributed by atoms with van der Waals surface area (Å²) in [5.41, 5.74) is 0.480. The van der Waals surface area contributed by atoms with Crippen LogP contribution in [0.2, 0.25) is 0 Å². The summed E-state index contributed by atoms with van der Waals surface area (Å²) in [6, 6.07) is 14.3. The van der Waals surface area contributed by atoms with Crippen LogP contribution in [-0.4, -0.2) is 39.4 Å². The van der Waals surface area contributed by atoms with Crippen molar-refractivity contribution in [2.24, 2.45) is 0 Å². The molecule has 8 nitrogen and oxygen atoms in total. The van der Waals surface area contributed by atoms with Crippen LogP contribution < -0.4 is 9.46 Å². The molecule has 1 N–H and O–H groups in total. The van der Waals surface area contributed by atoms with Gasteiger partial charge in [-0.1, -0.05) is 6.07 Å². The Bertz CT molecular complexity index is 1090. The molecule has 0 fully saturated rings. The van der Waals surface area contributed by atoms with Gasteiger partial charge in [0, 0.05) is 18.7 Å². The Hall–Kier alpha value is -3.08. The highest BCUT2D eigenvalue weighted by atomic mass is 79.9. The molecule has 0 aromatic heterocycles. The highest BCUT2D eigenvalue weighted by Crippen LogP contribution is 2.29. The topological polar surface area (TPSA) is 123 Å². The molecule has 0 unspecified atom stereocenters. The van der Waals surface area contributed by atoms with Crippen LogP contribution in [0.15, 0.2) is 51.8 Å². The lowest BCUT2D eigenvalue weighted by Gasteiger charge is -2.20. The van der Waals surface area contributed by atoms with Crippen molar-refractivity contribution in [1.82, 2.24) is 4.90 Å². The largest absolute Gasteiger partial charge is 0.496 e. The number of nitriles is 2. The fourth-order valence-electron chi connectivity index (χ4n) is 2.61. The maximum atomic E-state index is 12.8. The minimum atomic E-state index is -3.95. The number of ether oxygens (including phenoxy) is 1. The highest BCUT2D eigenvalue weighted by Gasteiger charge is 2.20. The standard InChI is InChI=1S/C20H19BrN4O4S/c1-29-19-8-7-16(14-18(19)21)24-30(27,28)17-6-2-5-15(13-17)20(26)25(11-3-9-22)12-4-10-23/h2,5-8,13-14,24H,3-4,11-12H2,1H3. The second-order valence-corrected chi connectivity index (χ2v) is 8.63. The molecular weight excluding hydrogens is 472 g/mol. The third-order valence-electron chi connectivity index (χ3n) is 4.07. The Morgan fingerprint density at radius 3 is 2.37 bits per heavy atom. The van der Waals surface area contributed by atoms with Crippen molar-refractivity contribution in [1.29, 1.82) is 10.5 Å². The number of nitrogens with zero attached hydrogens (tertiary/aromatic N) is 3. The molecule has 0 saturated heterocycles. The number of carbonyl (C=O) groups excluding carboxylic acids is 1. The van der Waals surface area contributed by atoms with Crippen LogP contribution in [0.4, 0.5) is 5.69 Å². The molecular formula is C20H19BrN4O4S. The van der Waals surface area contributed by atoms with Gasteiger partial charge in [0.05, 0.1) is 47.1 Å². The molecule has 2 aromatic rings. The number of methoxy groups -OCH3 is 1. The number of anilines is 1. The molecule has 0 aliphatic rings. The average molecular weight is 491 g/mol. The van der Waals surface area contributed by atoms with E-state index < -0.39 is 15.9 Å². The van der Waals surface area contributed by atoms with E-state index in [1.165, 1.54) is 36.3 Å². The third kappa shape index (κ3) is 5.96. The first-order valence-corrected chi connectivity index (χ1v) is 11.1. The quantitative estimate of drug-likeness (QED) is 0.573. The van der Waals surface area contributed by atoms with Gasteiger partial charge in [0.15, 0.2) is 0 Å². The Balaban J connectivity index is 2.28. The number of halogens is 1. The molecule has 2 aromatic carbocycles. The van der Waals surface area contributed by atoms with Crippen LogP contribution >= 0.6 is 15.9 Å². The summed E-state index contributed by atoms with van der Waals surface area (Å²) in [5.74, 6) is 0.116. The summed E-state index contributed by atoms with van der Waals surface area (Å²) in [6.07, 6.45) is 0.228. The van der Waals surface area contributed by atoms with Gasteiger partial charge in [0.25, 0.3) is 15.9 Å². The van der Waals surface area contributed by atoms with E-state index in [1.54, 1.807) is 18.2 Å². The Morgan fingerprint density at radius 1 is 1.13 bits per heavy atom. The molecule has 0 aliphatic heterocycles. The summed E-state index contributed by atoms with van der Waals surface area (Å²) in [6.45, 7) is 0.318. The number of carbonyl (C=O) groups is 1. The molecule has 0 atom stereocenters. The number of nitrogens with one attached hydrogen (secondary N) is 1. The average Bonchev–Trinajstić information content (AvgIpc) is 2.73. The van der Waals surface area contributed by atoms with Gasteiger partial charge in [-0.15, -0.1) is 0 Å². The van der Waals surface area contributed by atoms with Gasteiger partial charge in [-0.3, -0.25) is 9.52 Å². The number of amides is 1. The van der Waals surface area contributed by atoms with Gasteiger partial charge < -0.3 is 9.64 Å². The molecule has 0 bridgehead atoms. The lowest BCUT2D eigenvalue weighted by atomic mass is 10.2. The van der Waals surface area contributed by atoms with Gasteiger partial charge in [0.2, 0.25) is 0 Å². The van der Waals surface area contributed by atoms with Crippen molar-refractivity contribution in [3.63, 3.8) is 0 Å². The monoisotopic (exact) mass is 490 g/mol. The predicted octanol–water partition coefficient (Wildman–Crippen LogP) is 3.53. The number of benzene rings is 2. The minimum Gasteiger partial charge on any atom is -0.496 e. The zero-order valence-corrected chi connectivity index (χ0v) is 18.5. The van der Waals surface area contributed by atoms with Crippen LogP contribution in [0.25, 0.3) is 0 Å². The van der Waals surface area contributed by atoms with Crippen molar-refractivity contribution in [2.75, 3.05) is 24.9 Å². The zero-order chi connectivity index (χ0) is 22.1. The fraction of sp³-hybridized carbons (Fsp3) is 0.250. The van der Waals surface area contributed by atoms with E-state index in [1.807, 2.05) is 12.1 Å². The van der Waals surface area contributed by atoms with E-state index in [0.29, 0.717) is 15.9 Å². The molecule has 0 spiro atoms. The first kappa shape index (κ1) is 23.2. The van der Waals surface area contributed by atoms with Crippen molar-refractivity contribution in [3.8, 4) is 17.9 Å². The van der Waals surface area contributed by atoms with E-state index in [9.17, 15) is 13.2 Å². The minimum absolute atomic E-state index is 0.0826. The third-order valence-corrected chi connectivity index (χ3v) is 6.07. The highest BCUT2D eigenvalue weighted by molar-refractivity contribution is 9.10. The van der Waals surface area contributed by atoms with E-state index in [2.05, 4.69) is 20.7 Å². The SMILES string of the molecule is COc1ccc(NS(=O)(=O)c2cccc(C(=O)N(CCC#N)CCC#N)c2)cc1Br. The molecule has 30 heavy (non-hydrogen) atoms. The van der Waals surface area contributed by atoms with Gasteiger partial charge in [-0.2, -0.15) is 10.5 Å². The van der Waals surface area contributed by atoms with Gasteiger partial charge in [-0.05, 0) is 52.3 Å². The van der Waals surface area contributed by atoms with E-state index in [-0.39, 0.29) is 36.4 Å². The van der Waals surface area contributed by atoms with Crippen LogP contribution in [0, 0.1) is 22.7 Å². The van der Waals surface area contributed by atoms with Crippen LogP contribution in [-0.2, 0) is 10.0 Å². The molecule has 0 radical (unpaired) electrons. The molecule has 10 heteroatoms. The Kier molecular flexibility index (Phi) is 8.22. The normalized spacial score (nSPS) is 10.5. The molecule has 2 rings (SSSR count).